The molecule has 1 aromatic carbocycles. The molecule has 2 aliphatic rings. The fourth-order valence-corrected chi connectivity index (χ4v) is 4.30. The minimum atomic E-state index is -0.573. The third kappa shape index (κ3) is 3.22. The standard InChI is InChI=1S/C18H24BrN3O2/c1-12(20)15-7-4-5-10-21(15)17(23)13-9-11-22(18(13)24)16-8-3-2-6-14(16)19/h2-3,6,8,12-13,15H,4-5,7,9-11,20H2,1H3/t12-,13+,15-/m0/s1. The van der Waals surface area contributed by atoms with Crippen molar-refractivity contribution in [3.05, 3.63) is 28.7 Å². The van der Waals surface area contributed by atoms with Crippen molar-refractivity contribution >= 4 is 33.4 Å². The lowest BCUT2D eigenvalue weighted by atomic mass is 9.94. The fraction of sp³-hybridized carbons (Fsp3) is 0.556. The number of piperidine rings is 1. The molecule has 0 saturated carbocycles. The zero-order chi connectivity index (χ0) is 17.3. The van der Waals surface area contributed by atoms with E-state index in [-0.39, 0.29) is 23.9 Å². The van der Waals surface area contributed by atoms with Crippen LogP contribution in [-0.2, 0) is 9.59 Å². The van der Waals surface area contributed by atoms with Crippen LogP contribution in [0.15, 0.2) is 28.7 Å². The highest BCUT2D eigenvalue weighted by molar-refractivity contribution is 9.10. The normalized spacial score (nSPS) is 25.9. The minimum Gasteiger partial charge on any atom is -0.337 e. The molecular weight excluding hydrogens is 370 g/mol. The van der Waals surface area contributed by atoms with Crippen LogP contribution in [0.25, 0.3) is 0 Å². The van der Waals surface area contributed by atoms with E-state index in [0.29, 0.717) is 19.5 Å². The Morgan fingerprint density at radius 3 is 2.71 bits per heavy atom. The van der Waals surface area contributed by atoms with Gasteiger partial charge in [-0.15, -0.1) is 0 Å². The largest absolute Gasteiger partial charge is 0.337 e. The number of anilines is 1. The molecule has 2 fully saturated rings. The molecule has 1 aromatic rings. The zero-order valence-electron chi connectivity index (χ0n) is 14.0. The van der Waals surface area contributed by atoms with E-state index in [1.807, 2.05) is 36.1 Å². The molecule has 3 rings (SSSR count). The number of halogens is 1. The van der Waals surface area contributed by atoms with Gasteiger partial charge in [0.25, 0.3) is 0 Å². The molecule has 0 radical (unpaired) electrons. The number of carbonyl (C=O) groups excluding carboxylic acids is 2. The molecule has 24 heavy (non-hydrogen) atoms. The molecular formula is C18H24BrN3O2. The second-order valence-electron chi connectivity index (χ2n) is 6.74. The number of rotatable bonds is 3. The lowest BCUT2D eigenvalue weighted by Gasteiger charge is -2.39. The first-order valence-electron chi connectivity index (χ1n) is 8.62. The van der Waals surface area contributed by atoms with E-state index in [4.69, 9.17) is 5.73 Å². The van der Waals surface area contributed by atoms with Crippen molar-refractivity contribution in [2.24, 2.45) is 11.7 Å². The number of hydrogen-bond donors (Lipinski definition) is 1. The van der Waals surface area contributed by atoms with E-state index < -0.39 is 5.92 Å². The third-order valence-electron chi connectivity index (χ3n) is 5.09. The molecule has 0 spiro atoms. The summed E-state index contributed by atoms with van der Waals surface area (Å²) in [5, 5.41) is 0. The van der Waals surface area contributed by atoms with Gasteiger partial charge in [-0.3, -0.25) is 9.59 Å². The predicted octanol–water partition coefficient (Wildman–Crippen LogP) is 2.53. The number of hydrogen-bond acceptors (Lipinski definition) is 3. The maximum Gasteiger partial charge on any atom is 0.239 e. The number of likely N-dealkylation sites (tertiary alicyclic amines) is 1. The molecule has 2 aliphatic heterocycles. The number of para-hydroxylation sites is 1. The SMILES string of the molecule is C[C@H](N)[C@@H]1CCCCN1C(=O)[C@H]1CCN(c2ccccc2Br)C1=O. The van der Waals surface area contributed by atoms with Crippen molar-refractivity contribution in [2.75, 3.05) is 18.0 Å². The second-order valence-corrected chi connectivity index (χ2v) is 7.59. The van der Waals surface area contributed by atoms with E-state index in [1.165, 1.54) is 0 Å². The average Bonchev–Trinajstić information content (AvgIpc) is 2.96. The summed E-state index contributed by atoms with van der Waals surface area (Å²) in [4.78, 5) is 29.4. The Balaban J connectivity index is 1.77. The second kappa shape index (κ2) is 7.23. The highest BCUT2D eigenvalue weighted by Gasteiger charge is 2.42. The number of nitrogens with zero attached hydrogens (tertiary/aromatic N) is 2. The van der Waals surface area contributed by atoms with E-state index in [1.54, 1.807) is 4.90 Å². The van der Waals surface area contributed by atoms with Gasteiger partial charge in [-0.05, 0) is 60.7 Å². The number of benzene rings is 1. The molecule has 3 atom stereocenters. The number of amides is 2. The van der Waals surface area contributed by atoms with Crippen LogP contribution in [0.5, 0.6) is 0 Å². The van der Waals surface area contributed by atoms with Crippen LogP contribution in [-0.4, -0.2) is 41.9 Å². The third-order valence-corrected chi connectivity index (χ3v) is 5.76. The van der Waals surface area contributed by atoms with Gasteiger partial charge in [-0.25, -0.2) is 0 Å². The van der Waals surface area contributed by atoms with Crippen LogP contribution in [0, 0.1) is 5.92 Å². The van der Waals surface area contributed by atoms with Crippen molar-refractivity contribution in [1.82, 2.24) is 4.90 Å². The lowest BCUT2D eigenvalue weighted by Crippen LogP contribution is -2.54. The maximum atomic E-state index is 13.0. The molecule has 2 amide bonds. The van der Waals surface area contributed by atoms with Gasteiger partial charge in [-0.2, -0.15) is 0 Å². The summed E-state index contributed by atoms with van der Waals surface area (Å²) < 4.78 is 0.873. The monoisotopic (exact) mass is 393 g/mol. The lowest BCUT2D eigenvalue weighted by molar-refractivity contribution is -0.143. The van der Waals surface area contributed by atoms with Gasteiger partial charge in [0.05, 0.1) is 5.69 Å². The van der Waals surface area contributed by atoms with E-state index in [9.17, 15) is 9.59 Å². The Morgan fingerprint density at radius 2 is 2.00 bits per heavy atom. The van der Waals surface area contributed by atoms with Crippen LogP contribution in [0.3, 0.4) is 0 Å². The predicted molar refractivity (Wildman–Crippen MR) is 97.6 cm³/mol. The first kappa shape index (κ1) is 17.4. The smallest absolute Gasteiger partial charge is 0.239 e. The number of carbonyl (C=O) groups is 2. The quantitative estimate of drug-likeness (QED) is 0.802. The summed E-state index contributed by atoms with van der Waals surface area (Å²) in [5.74, 6) is -0.714. The summed E-state index contributed by atoms with van der Waals surface area (Å²) >= 11 is 3.49. The summed E-state index contributed by atoms with van der Waals surface area (Å²) in [6.07, 6.45) is 3.58. The van der Waals surface area contributed by atoms with Crippen LogP contribution < -0.4 is 10.6 Å². The first-order valence-corrected chi connectivity index (χ1v) is 9.42. The Kier molecular flexibility index (Phi) is 5.25. The van der Waals surface area contributed by atoms with Gasteiger partial charge >= 0.3 is 0 Å². The van der Waals surface area contributed by atoms with Gasteiger partial charge in [0.2, 0.25) is 11.8 Å². The van der Waals surface area contributed by atoms with Crippen LogP contribution in [0.1, 0.15) is 32.6 Å². The summed E-state index contributed by atoms with van der Waals surface area (Å²) in [5.41, 5.74) is 6.90. The van der Waals surface area contributed by atoms with E-state index in [2.05, 4.69) is 15.9 Å². The maximum absolute atomic E-state index is 13.0. The summed E-state index contributed by atoms with van der Waals surface area (Å²) in [6.45, 7) is 3.23. The Labute approximate surface area is 151 Å². The molecule has 0 unspecified atom stereocenters. The van der Waals surface area contributed by atoms with Crippen molar-refractivity contribution in [1.29, 1.82) is 0 Å². The van der Waals surface area contributed by atoms with Crippen molar-refractivity contribution in [2.45, 2.75) is 44.7 Å². The van der Waals surface area contributed by atoms with Gasteiger partial charge in [0.1, 0.15) is 5.92 Å². The van der Waals surface area contributed by atoms with E-state index in [0.717, 1.165) is 29.4 Å². The minimum absolute atomic E-state index is 0.0449. The Bertz CT molecular complexity index is 634. The summed E-state index contributed by atoms with van der Waals surface area (Å²) in [6, 6.07) is 7.62. The molecule has 0 aromatic heterocycles. The number of nitrogens with two attached hydrogens (primary N) is 1. The highest BCUT2D eigenvalue weighted by Crippen LogP contribution is 2.33. The molecule has 6 heteroatoms. The Hall–Kier alpha value is -1.40. The van der Waals surface area contributed by atoms with Crippen molar-refractivity contribution < 1.29 is 9.59 Å². The molecule has 0 aliphatic carbocycles. The van der Waals surface area contributed by atoms with Crippen LogP contribution in [0.4, 0.5) is 5.69 Å². The van der Waals surface area contributed by atoms with Crippen molar-refractivity contribution in [3.63, 3.8) is 0 Å². The first-order chi connectivity index (χ1) is 11.5. The van der Waals surface area contributed by atoms with Gasteiger partial charge in [0, 0.05) is 29.6 Å². The zero-order valence-corrected chi connectivity index (χ0v) is 15.5. The molecule has 2 heterocycles. The Morgan fingerprint density at radius 1 is 1.25 bits per heavy atom. The molecule has 130 valence electrons. The van der Waals surface area contributed by atoms with Crippen LogP contribution >= 0.6 is 15.9 Å². The van der Waals surface area contributed by atoms with Gasteiger partial charge in [0.15, 0.2) is 0 Å². The van der Waals surface area contributed by atoms with E-state index >= 15 is 0 Å². The highest BCUT2D eigenvalue weighted by atomic mass is 79.9. The van der Waals surface area contributed by atoms with Crippen molar-refractivity contribution in [3.8, 4) is 0 Å². The molecule has 0 bridgehead atoms. The van der Waals surface area contributed by atoms with Gasteiger partial charge < -0.3 is 15.5 Å². The average molecular weight is 394 g/mol. The topological polar surface area (TPSA) is 66.6 Å². The fourth-order valence-electron chi connectivity index (χ4n) is 3.80. The molecule has 5 nitrogen and oxygen atoms in total. The van der Waals surface area contributed by atoms with Gasteiger partial charge in [-0.1, -0.05) is 12.1 Å². The summed E-state index contributed by atoms with van der Waals surface area (Å²) in [7, 11) is 0. The molecule has 2 saturated heterocycles. The molecule has 2 N–H and O–H groups in total. The van der Waals surface area contributed by atoms with Crippen LogP contribution in [0.2, 0.25) is 0 Å².